The van der Waals surface area contributed by atoms with E-state index in [4.69, 9.17) is 15.5 Å². The Morgan fingerprint density at radius 3 is 2.48 bits per heavy atom. The van der Waals surface area contributed by atoms with Crippen molar-refractivity contribution in [2.24, 2.45) is 0 Å². The molecule has 0 aliphatic rings. The van der Waals surface area contributed by atoms with Crippen LogP contribution in [-0.2, 0) is 21.3 Å². The molecule has 0 aliphatic carbocycles. The highest BCUT2D eigenvalue weighted by Crippen LogP contribution is 2.31. The van der Waals surface area contributed by atoms with E-state index in [1.165, 1.54) is 6.26 Å². The standard InChI is InChI=1S/C22H33N5O3S/c1-16(30-2)22-26-19-20(17-12-8-9-13-18(17)25-21(19)23)27(22)15-11-7-5-4-6-10-14-24-31(3,28)29/h8-9,12-13,16,24H,4-7,10-11,14-15H2,1-3H3,(H2,23,25). The van der Waals surface area contributed by atoms with E-state index in [0.29, 0.717) is 12.4 Å². The third kappa shape index (κ3) is 5.93. The van der Waals surface area contributed by atoms with Gasteiger partial charge >= 0.3 is 0 Å². The lowest BCUT2D eigenvalue weighted by Gasteiger charge is -2.14. The number of pyridine rings is 1. The summed E-state index contributed by atoms with van der Waals surface area (Å²) < 4.78 is 32.5. The third-order valence-corrected chi connectivity index (χ3v) is 6.26. The molecule has 170 valence electrons. The van der Waals surface area contributed by atoms with Gasteiger partial charge in [-0.2, -0.15) is 0 Å². The Bertz CT molecular complexity index is 1130. The minimum atomic E-state index is -3.08. The molecule has 0 bridgehead atoms. The maximum Gasteiger partial charge on any atom is 0.208 e. The number of imidazole rings is 1. The minimum absolute atomic E-state index is 0.145. The van der Waals surface area contributed by atoms with Gasteiger partial charge in [0.1, 0.15) is 17.4 Å². The van der Waals surface area contributed by atoms with Crippen LogP contribution in [0.25, 0.3) is 21.9 Å². The molecule has 0 fully saturated rings. The van der Waals surface area contributed by atoms with Gasteiger partial charge < -0.3 is 15.0 Å². The predicted octanol–water partition coefficient (Wildman–Crippen LogP) is 3.76. The molecule has 3 N–H and O–H groups in total. The first-order valence-electron chi connectivity index (χ1n) is 10.8. The summed E-state index contributed by atoms with van der Waals surface area (Å²) in [5.41, 5.74) is 8.86. The maximum atomic E-state index is 11.1. The van der Waals surface area contributed by atoms with Crippen molar-refractivity contribution in [3.8, 4) is 0 Å². The van der Waals surface area contributed by atoms with E-state index >= 15 is 0 Å². The fourth-order valence-corrected chi connectivity index (χ4v) is 4.39. The van der Waals surface area contributed by atoms with Crippen LogP contribution in [0.1, 0.15) is 57.4 Å². The van der Waals surface area contributed by atoms with Gasteiger partial charge in [0.25, 0.3) is 0 Å². The second-order valence-corrected chi connectivity index (χ2v) is 9.83. The van der Waals surface area contributed by atoms with Crippen molar-refractivity contribution < 1.29 is 13.2 Å². The van der Waals surface area contributed by atoms with Crippen molar-refractivity contribution in [3.05, 3.63) is 30.1 Å². The summed E-state index contributed by atoms with van der Waals surface area (Å²) in [5, 5.41) is 1.05. The van der Waals surface area contributed by atoms with Crippen LogP contribution in [0, 0.1) is 0 Å². The summed E-state index contributed by atoms with van der Waals surface area (Å²) in [4.78, 5) is 9.32. The summed E-state index contributed by atoms with van der Waals surface area (Å²) in [6.07, 6.45) is 7.27. The fraction of sp³-hybridized carbons (Fsp3) is 0.545. The molecule has 1 aromatic carbocycles. The fourth-order valence-electron chi connectivity index (χ4n) is 3.88. The van der Waals surface area contributed by atoms with Gasteiger partial charge in [-0.3, -0.25) is 0 Å². The molecule has 9 heteroatoms. The first-order chi connectivity index (χ1) is 14.8. The van der Waals surface area contributed by atoms with Gasteiger partial charge in [-0.1, -0.05) is 43.9 Å². The van der Waals surface area contributed by atoms with E-state index in [2.05, 4.69) is 20.3 Å². The number of nitrogens with zero attached hydrogens (tertiary/aromatic N) is 3. The van der Waals surface area contributed by atoms with Gasteiger partial charge in [-0.15, -0.1) is 0 Å². The molecule has 0 saturated heterocycles. The van der Waals surface area contributed by atoms with Crippen LogP contribution < -0.4 is 10.5 Å². The summed E-state index contributed by atoms with van der Waals surface area (Å²) in [5.74, 6) is 1.31. The number of para-hydroxylation sites is 1. The number of aromatic nitrogens is 3. The number of nitrogen functional groups attached to an aromatic ring is 1. The van der Waals surface area contributed by atoms with E-state index in [9.17, 15) is 8.42 Å². The SMILES string of the molecule is COC(C)c1nc2c(N)nc3ccccc3c2n1CCCCCCCCNS(C)(=O)=O. The van der Waals surface area contributed by atoms with Crippen molar-refractivity contribution in [1.82, 2.24) is 19.3 Å². The van der Waals surface area contributed by atoms with E-state index in [1.54, 1.807) is 7.11 Å². The quantitative estimate of drug-likeness (QED) is 0.409. The molecule has 2 aromatic heterocycles. The number of nitrogens with two attached hydrogens (primary N) is 1. The van der Waals surface area contributed by atoms with Gasteiger partial charge in [0.05, 0.1) is 17.3 Å². The van der Waals surface area contributed by atoms with Crippen LogP contribution in [0.3, 0.4) is 0 Å². The molecular weight excluding hydrogens is 414 g/mol. The molecule has 3 aromatic rings. The number of nitrogens with one attached hydrogen (secondary N) is 1. The smallest absolute Gasteiger partial charge is 0.208 e. The van der Waals surface area contributed by atoms with Crippen LogP contribution in [0.2, 0.25) is 0 Å². The van der Waals surface area contributed by atoms with Crippen LogP contribution in [0.5, 0.6) is 0 Å². The molecule has 3 rings (SSSR count). The molecule has 2 heterocycles. The second-order valence-electron chi connectivity index (χ2n) is 8.00. The molecule has 8 nitrogen and oxygen atoms in total. The topological polar surface area (TPSA) is 112 Å². The van der Waals surface area contributed by atoms with Crippen molar-refractivity contribution >= 4 is 37.8 Å². The molecule has 0 aliphatic heterocycles. The average Bonchev–Trinajstić information content (AvgIpc) is 3.11. The van der Waals surface area contributed by atoms with Crippen LogP contribution in [0.4, 0.5) is 5.82 Å². The number of rotatable bonds is 12. The molecular formula is C22H33N5O3S. The molecule has 0 saturated carbocycles. The van der Waals surface area contributed by atoms with Gasteiger partial charge in [0.2, 0.25) is 10.0 Å². The molecule has 31 heavy (non-hydrogen) atoms. The highest BCUT2D eigenvalue weighted by Gasteiger charge is 2.20. The van der Waals surface area contributed by atoms with E-state index in [0.717, 1.165) is 72.8 Å². The lowest BCUT2D eigenvalue weighted by molar-refractivity contribution is 0.109. The first kappa shape index (κ1) is 23.4. The number of benzene rings is 1. The molecule has 1 atom stereocenters. The van der Waals surface area contributed by atoms with E-state index < -0.39 is 10.0 Å². The normalized spacial score (nSPS) is 13.3. The number of aryl methyl sites for hydroxylation is 1. The Labute approximate surface area is 184 Å². The third-order valence-electron chi connectivity index (χ3n) is 5.53. The summed E-state index contributed by atoms with van der Waals surface area (Å²) in [6.45, 7) is 3.34. The second kappa shape index (κ2) is 10.4. The van der Waals surface area contributed by atoms with Gasteiger partial charge in [-0.25, -0.2) is 23.1 Å². The monoisotopic (exact) mass is 447 g/mol. The number of ether oxygens (including phenoxy) is 1. The average molecular weight is 448 g/mol. The zero-order valence-electron chi connectivity index (χ0n) is 18.6. The Hall–Kier alpha value is -2.23. The Kier molecular flexibility index (Phi) is 7.85. The van der Waals surface area contributed by atoms with Gasteiger partial charge in [0.15, 0.2) is 5.82 Å². The van der Waals surface area contributed by atoms with Crippen molar-refractivity contribution in [2.75, 3.05) is 25.6 Å². The molecule has 1 unspecified atom stereocenters. The number of hydrogen-bond acceptors (Lipinski definition) is 6. The zero-order chi connectivity index (χ0) is 22.4. The van der Waals surface area contributed by atoms with E-state index in [-0.39, 0.29) is 6.10 Å². The molecule has 0 amide bonds. The van der Waals surface area contributed by atoms with Crippen LogP contribution in [-0.4, -0.2) is 42.9 Å². The van der Waals surface area contributed by atoms with Crippen molar-refractivity contribution in [1.29, 1.82) is 0 Å². The number of methoxy groups -OCH3 is 1. The molecule has 0 radical (unpaired) electrons. The van der Waals surface area contributed by atoms with Gasteiger partial charge in [-0.05, 0) is 25.8 Å². The van der Waals surface area contributed by atoms with Crippen LogP contribution >= 0.6 is 0 Å². The van der Waals surface area contributed by atoms with Crippen molar-refractivity contribution in [2.45, 2.75) is 58.1 Å². The summed E-state index contributed by atoms with van der Waals surface area (Å²) in [6, 6.07) is 8.01. The number of fused-ring (bicyclic) bond motifs is 3. The number of hydrogen-bond donors (Lipinski definition) is 2. The van der Waals surface area contributed by atoms with Crippen LogP contribution in [0.15, 0.2) is 24.3 Å². The largest absolute Gasteiger partial charge is 0.382 e. The number of anilines is 1. The lowest BCUT2D eigenvalue weighted by atomic mass is 10.1. The highest BCUT2D eigenvalue weighted by molar-refractivity contribution is 7.88. The lowest BCUT2D eigenvalue weighted by Crippen LogP contribution is -2.22. The van der Waals surface area contributed by atoms with Crippen molar-refractivity contribution in [3.63, 3.8) is 0 Å². The summed E-state index contributed by atoms with van der Waals surface area (Å²) in [7, 11) is -1.40. The Morgan fingerprint density at radius 2 is 1.77 bits per heavy atom. The summed E-state index contributed by atoms with van der Waals surface area (Å²) >= 11 is 0. The Morgan fingerprint density at radius 1 is 1.10 bits per heavy atom. The van der Waals surface area contributed by atoms with Gasteiger partial charge in [0, 0.05) is 25.6 Å². The van der Waals surface area contributed by atoms with E-state index in [1.807, 2.05) is 25.1 Å². The first-order valence-corrected chi connectivity index (χ1v) is 12.7. The highest BCUT2D eigenvalue weighted by atomic mass is 32.2. The Balaban J connectivity index is 1.67. The zero-order valence-corrected chi connectivity index (χ0v) is 19.4. The number of unbranched alkanes of at least 4 members (excludes halogenated alkanes) is 5. The minimum Gasteiger partial charge on any atom is -0.382 e. The molecule has 0 spiro atoms. The maximum absolute atomic E-state index is 11.1. The predicted molar refractivity (Wildman–Crippen MR) is 125 cm³/mol. The number of sulfonamides is 1.